The molecule has 0 heterocycles. The molecule has 108 valence electrons. The third-order valence-electron chi connectivity index (χ3n) is 2.40. The summed E-state index contributed by atoms with van der Waals surface area (Å²) in [6, 6.07) is 7.09. The number of hydrogen-bond acceptors (Lipinski definition) is 4. The molecule has 0 atom stereocenters. The SMILES string of the molecule is CC(=O)Nc1ccc(CNC(=O)CNC(=O)CN)cc1. The number of rotatable bonds is 6. The zero-order chi connectivity index (χ0) is 15.0. The van der Waals surface area contributed by atoms with Crippen LogP contribution in [0.5, 0.6) is 0 Å². The molecule has 0 saturated carbocycles. The monoisotopic (exact) mass is 278 g/mol. The first-order valence-electron chi connectivity index (χ1n) is 6.11. The van der Waals surface area contributed by atoms with Crippen LogP contribution in [0.3, 0.4) is 0 Å². The van der Waals surface area contributed by atoms with Crippen LogP contribution in [0.25, 0.3) is 0 Å². The highest BCUT2D eigenvalue weighted by Crippen LogP contribution is 2.09. The summed E-state index contributed by atoms with van der Waals surface area (Å²) in [5, 5.41) is 7.68. The first kappa shape index (κ1) is 15.6. The number of benzene rings is 1. The Morgan fingerprint density at radius 2 is 1.70 bits per heavy atom. The van der Waals surface area contributed by atoms with Crippen molar-refractivity contribution < 1.29 is 14.4 Å². The second-order valence-corrected chi connectivity index (χ2v) is 4.14. The van der Waals surface area contributed by atoms with Crippen molar-refractivity contribution in [1.82, 2.24) is 10.6 Å². The molecule has 0 aliphatic carbocycles. The van der Waals surface area contributed by atoms with Gasteiger partial charge in [-0.05, 0) is 17.7 Å². The fraction of sp³-hybridized carbons (Fsp3) is 0.308. The summed E-state index contributed by atoms with van der Waals surface area (Å²) >= 11 is 0. The van der Waals surface area contributed by atoms with E-state index < -0.39 is 0 Å². The van der Waals surface area contributed by atoms with Gasteiger partial charge in [0.15, 0.2) is 0 Å². The Morgan fingerprint density at radius 3 is 2.25 bits per heavy atom. The van der Waals surface area contributed by atoms with Gasteiger partial charge in [-0.3, -0.25) is 14.4 Å². The van der Waals surface area contributed by atoms with E-state index in [2.05, 4.69) is 16.0 Å². The fourth-order valence-corrected chi connectivity index (χ4v) is 1.42. The van der Waals surface area contributed by atoms with Crippen LogP contribution in [0.1, 0.15) is 12.5 Å². The average molecular weight is 278 g/mol. The Hall–Kier alpha value is -2.41. The molecule has 0 saturated heterocycles. The molecular weight excluding hydrogens is 260 g/mol. The third-order valence-corrected chi connectivity index (χ3v) is 2.40. The Bertz CT molecular complexity index is 485. The fourth-order valence-electron chi connectivity index (χ4n) is 1.42. The molecule has 1 aromatic rings. The van der Waals surface area contributed by atoms with E-state index in [0.717, 1.165) is 5.56 Å². The van der Waals surface area contributed by atoms with E-state index in [9.17, 15) is 14.4 Å². The lowest BCUT2D eigenvalue weighted by atomic mass is 10.2. The molecule has 0 fully saturated rings. The molecule has 0 aromatic heterocycles. The standard InChI is InChI=1S/C13H18N4O3/c1-9(18)17-11-4-2-10(3-5-11)7-15-13(20)8-16-12(19)6-14/h2-5H,6-8,14H2,1H3,(H,15,20)(H,16,19)(H,17,18). The molecule has 0 spiro atoms. The summed E-state index contributed by atoms with van der Waals surface area (Å²) in [5.74, 6) is -0.806. The molecule has 7 heteroatoms. The van der Waals surface area contributed by atoms with Gasteiger partial charge in [0.05, 0.1) is 13.1 Å². The van der Waals surface area contributed by atoms with Gasteiger partial charge in [0.1, 0.15) is 0 Å². The molecule has 1 rings (SSSR count). The maximum atomic E-state index is 11.4. The molecular formula is C13H18N4O3. The smallest absolute Gasteiger partial charge is 0.239 e. The van der Waals surface area contributed by atoms with Crippen molar-refractivity contribution in [3.63, 3.8) is 0 Å². The lowest BCUT2D eigenvalue weighted by Crippen LogP contribution is -2.39. The number of amides is 3. The Kier molecular flexibility index (Phi) is 6.18. The Labute approximate surface area is 116 Å². The maximum Gasteiger partial charge on any atom is 0.239 e. The van der Waals surface area contributed by atoms with Crippen molar-refractivity contribution in [2.45, 2.75) is 13.5 Å². The highest BCUT2D eigenvalue weighted by molar-refractivity contribution is 5.88. The second-order valence-electron chi connectivity index (χ2n) is 4.14. The second kappa shape index (κ2) is 7.90. The summed E-state index contributed by atoms with van der Waals surface area (Å²) in [5.41, 5.74) is 6.68. The Balaban J connectivity index is 2.36. The van der Waals surface area contributed by atoms with E-state index in [0.29, 0.717) is 12.2 Å². The van der Waals surface area contributed by atoms with Crippen LogP contribution < -0.4 is 21.7 Å². The van der Waals surface area contributed by atoms with Gasteiger partial charge in [-0.2, -0.15) is 0 Å². The van der Waals surface area contributed by atoms with Crippen LogP contribution in [-0.4, -0.2) is 30.8 Å². The van der Waals surface area contributed by atoms with Crippen LogP contribution in [0.4, 0.5) is 5.69 Å². The van der Waals surface area contributed by atoms with Crippen molar-refractivity contribution in [3.05, 3.63) is 29.8 Å². The third kappa shape index (κ3) is 5.96. The maximum absolute atomic E-state index is 11.4. The summed E-state index contributed by atoms with van der Waals surface area (Å²) in [6.45, 7) is 1.54. The van der Waals surface area contributed by atoms with Gasteiger partial charge in [0.25, 0.3) is 0 Å². The first-order chi connectivity index (χ1) is 9.51. The van der Waals surface area contributed by atoms with Crippen molar-refractivity contribution in [2.24, 2.45) is 5.73 Å². The number of carbonyl (C=O) groups is 3. The van der Waals surface area contributed by atoms with Gasteiger partial charge < -0.3 is 21.7 Å². The molecule has 1 aromatic carbocycles. The summed E-state index contributed by atoms with van der Waals surface area (Å²) < 4.78 is 0. The lowest BCUT2D eigenvalue weighted by molar-refractivity contribution is -0.125. The van der Waals surface area contributed by atoms with Crippen LogP contribution in [0.15, 0.2) is 24.3 Å². The number of anilines is 1. The van der Waals surface area contributed by atoms with E-state index in [-0.39, 0.29) is 30.8 Å². The van der Waals surface area contributed by atoms with Crippen LogP contribution >= 0.6 is 0 Å². The van der Waals surface area contributed by atoms with E-state index in [1.807, 2.05) is 0 Å². The highest BCUT2D eigenvalue weighted by atomic mass is 16.2. The highest BCUT2D eigenvalue weighted by Gasteiger charge is 2.03. The van der Waals surface area contributed by atoms with Crippen LogP contribution in [0.2, 0.25) is 0 Å². The first-order valence-corrected chi connectivity index (χ1v) is 6.11. The van der Waals surface area contributed by atoms with Crippen molar-refractivity contribution in [2.75, 3.05) is 18.4 Å². The number of nitrogens with one attached hydrogen (secondary N) is 3. The minimum Gasteiger partial charge on any atom is -0.350 e. The zero-order valence-corrected chi connectivity index (χ0v) is 11.2. The molecule has 0 aliphatic rings. The molecule has 20 heavy (non-hydrogen) atoms. The lowest BCUT2D eigenvalue weighted by Gasteiger charge is -2.07. The molecule has 7 nitrogen and oxygen atoms in total. The Morgan fingerprint density at radius 1 is 1.05 bits per heavy atom. The largest absolute Gasteiger partial charge is 0.350 e. The van der Waals surface area contributed by atoms with Crippen molar-refractivity contribution >= 4 is 23.4 Å². The van der Waals surface area contributed by atoms with E-state index >= 15 is 0 Å². The van der Waals surface area contributed by atoms with Crippen molar-refractivity contribution in [3.8, 4) is 0 Å². The number of nitrogens with two attached hydrogens (primary N) is 1. The van der Waals surface area contributed by atoms with Gasteiger partial charge in [-0.1, -0.05) is 12.1 Å². The van der Waals surface area contributed by atoms with E-state index in [1.165, 1.54) is 6.92 Å². The summed E-state index contributed by atoms with van der Waals surface area (Å²) in [4.78, 5) is 33.1. The minimum atomic E-state index is -0.375. The molecule has 0 aliphatic heterocycles. The summed E-state index contributed by atoms with van der Waals surface area (Å²) in [6.07, 6.45) is 0. The zero-order valence-electron chi connectivity index (χ0n) is 11.2. The summed E-state index contributed by atoms with van der Waals surface area (Å²) in [7, 11) is 0. The van der Waals surface area contributed by atoms with Gasteiger partial charge in [0.2, 0.25) is 17.7 Å². The molecule has 0 unspecified atom stereocenters. The predicted molar refractivity (Wildman–Crippen MR) is 74.7 cm³/mol. The molecule has 5 N–H and O–H groups in total. The van der Waals surface area contributed by atoms with Gasteiger partial charge in [0, 0.05) is 19.2 Å². The quantitative estimate of drug-likeness (QED) is 0.553. The van der Waals surface area contributed by atoms with Crippen LogP contribution in [-0.2, 0) is 20.9 Å². The molecule has 0 radical (unpaired) electrons. The van der Waals surface area contributed by atoms with Gasteiger partial charge in [-0.25, -0.2) is 0 Å². The van der Waals surface area contributed by atoms with Gasteiger partial charge in [-0.15, -0.1) is 0 Å². The number of carbonyl (C=O) groups excluding carboxylic acids is 3. The predicted octanol–water partition coefficient (Wildman–Crippen LogP) is -0.664. The van der Waals surface area contributed by atoms with Gasteiger partial charge >= 0.3 is 0 Å². The number of hydrogen-bond donors (Lipinski definition) is 4. The molecule has 0 bridgehead atoms. The van der Waals surface area contributed by atoms with E-state index in [4.69, 9.17) is 5.73 Å². The normalized spacial score (nSPS) is 9.70. The van der Waals surface area contributed by atoms with Crippen LogP contribution in [0, 0.1) is 0 Å². The van der Waals surface area contributed by atoms with E-state index in [1.54, 1.807) is 24.3 Å². The minimum absolute atomic E-state index is 0.0972. The topological polar surface area (TPSA) is 113 Å². The average Bonchev–Trinajstić information content (AvgIpc) is 2.43. The van der Waals surface area contributed by atoms with Crippen molar-refractivity contribution in [1.29, 1.82) is 0 Å². The molecule has 3 amide bonds.